The molecule has 0 saturated heterocycles. The molecule has 82 valence electrons. The number of carbonyl (C=O) groups is 1. The van der Waals surface area contributed by atoms with Gasteiger partial charge in [-0.1, -0.05) is 6.42 Å². The van der Waals surface area contributed by atoms with Gasteiger partial charge in [0.25, 0.3) is 0 Å². The molecule has 1 amide bonds. The largest absolute Gasteiger partial charge is 0.384 e. The average molecular weight is 221 g/mol. The van der Waals surface area contributed by atoms with Gasteiger partial charge in [-0.2, -0.15) is 0 Å². The van der Waals surface area contributed by atoms with Gasteiger partial charge in [0.2, 0.25) is 15.9 Å². The van der Waals surface area contributed by atoms with Crippen LogP contribution in [0.1, 0.15) is 19.3 Å². The Bertz CT molecular complexity index is 294. The van der Waals surface area contributed by atoms with Gasteiger partial charge in [0.15, 0.2) is 0 Å². The normalized spacial score (nSPS) is 17.5. The van der Waals surface area contributed by atoms with Crippen molar-refractivity contribution in [2.45, 2.75) is 19.3 Å². The number of sulfonamides is 1. The van der Waals surface area contributed by atoms with Crippen molar-refractivity contribution in [2.24, 2.45) is 5.92 Å². The third-order valence-electron chi connectivity index (χ3n) is 2.29. The van der Waals surface area contributed by atoms with Gasteiger partial charge in [0, 0.05) is 13.0 Å². The number of carbonyl (C=O) groups excluding carboxylic acids is 1. The molecule has 1 saturated carbocycles. The average Bonchev–Trinajstić information content (AvgIpc) is 1.96. The molecule has 0 aromatic heterocycles. The van der Waals surface area contributed by atoms with E-state index in [1.165, 1.54) is 7.11 Å². The Morgan fingerprint density at radius 2 is 2.14 bits per heavy atom. The number of hydrogen-bond donors (Lipinski definition) is 1. The van der Waals surface area contributed by atoms with Crippen molar-refractivity contribution in [2.75, 3.05) is 19.5 Å². The van der Waals surface area contributed by atoms with Crippen LogP contribution >= 0.6 is 0 Å². The molecule has 1 rings (SSSR count). The fraction of sp³-hybridized carbons (Fsp3) is 0.875. The summed E-state index contributed by atoms with van der Waals surface area (Å²) in [6, 6.07) is 0. The first-order valence-corrected chi connectivity index (χ1v) is 6.23. The van der Waals surface area contributed by atoms with Crippen LogP contribution in [0.15, 0.2) is 0 Å². The molecule has 0 aliphatic heterocycles. The number of rotatable bonds is 5. The standard InChI is InChI=1S/C8H15NO4S/c1-13-5-6-14(11,12)9-8(10)7-3-2-4-7/h7H,2-6H2,1H3,(H,9,10). The highest BCUT2D eigenvalue weighted by molar-refractivity contribution is 7.90. The molecule has 1 aliphatic rings. The number of hydrogen-bond acceptors (Lipinski definition) is 4. The van der Waals surface area contributed by atoms with Crippen LogP contribution < -0.4 is 4.72 Å². The summed E-state index contributed by atoms with van der Waals surface area (Å²) in [6.45, 7) is 0.104. The van der Waals surface area contributed by atoms with E-state index < -0.39 is 10.0 Å². The zero-order valence-corrected chi connectivity index (χ0v) is 8.97. The van der Waals surface area contributed by atoms with E-state index >= 15 is 0 Å². The second-order valence-electron chi connectivity index (χ2n) is 3.41. The second kappa shape index (κ2) is 4.75. The molecular weight excluding hydrogens is 206 g/mol. The third kappa shape index (κ3) is 3.26. The predicted molar refractivity (Wildman–Crippen MR) is 51.1 cm³/mol. The molecule has 5 nitrogen and oxygen atoms in total. The predicted octanol–water partition coefficient (Wildman–Crippen LogP) is -0.121. The number of amides is 1. The summed E-state index contributed by atoms with van der Waals surface area (Å²) in [4.78, 5) is 11.3. The second-order valence-corrected chi connectivity index (χ2v) is 5.25. The van der Waals surface area contributed by atoms with Gasteiger partial charge in [-0.15, -0.1) is 0 Å². The minimum absolute atomic E-state index is 0.104. The summed E-state index contributed by atoms with van der Waals surface area (Å²) >= 11 is 0. The van der Waals surface area contributed by atoms with Crippen molar-refractivity contribution >= 4 is 15.9 Å². The Morgan fingerprint density at radius 3 is 2.57 bits per heavy atom. The summed E-state index contributed by atoms with van der Waals surface area (Å²) < 4.78 is 29.1. The highest BCUT2D eigenvalue weighted by atomic mass is 32.2. The highest BCUT2D eigenvalue weighted by Gasteiger charge is 2.27. The molecule has 1 aliphatic carbocycles. The van der Waals surface area contributed by atoms with E-state index in [1.807, 2.05) is 4.72 Å². The molecule has 0 unspecified atom stereocenters. The van der Waals surface area contributed by atoms with E-state index in [2.05, 4.69) is 4.74 Å². The molecule has 6 heteroatoms. The Balaban J connectivity index is 2.37. The van der Waals surface area contributed by atoms with E-state index in [9.17, 15) is 13.2 Å². The van der Waals surface area contributed by atoms with Crippen LogP contribution in [0.3, 0.4) is 0 Å². The van der Waals surface area contributed by atoms with Gasteiger partial charge in [-0.05, 0) is 12.8 Å². The van der Waals surface area contributed by atoms with E-state index in [1.54, 1.807) is 0 Å². The molecular formula is C8H15NO4S. The maximum atomic E-state index is 11.3. The molecule has 0 heterocycles. The highest BCUT2D eigenvalue weighted by Crippen LogP contribution is 2.26. The Labute approximate surface area is 83.9 Å². The Hall–Kier alpha value is -0.620. The van der Waals surface area contributed by atoms with Crippen LogP contribution in [-0.2, 0) is 19.6 Å². The maximum Gasteiger partial charge on any atom is 0.237 e. The van der Waals surface area contributed by atoms with Crippen LogP contribution in [0.2, 0.25) is 0 Å². The molecule has 0 atom stereocenters. The zero-order valence-electron chi connectivity index (χ0n) is 8.15. The maximum absolute atomic E-state index is 11.3. The first-order valence-electron chi connectivity index (χ1n) is 4.58. The van der Waals surface area contributed by atoms with E-state index in [0.717, 1.165) is 19.3 Å². The molecule has 0 spiro atoms. The molecule has 0 aromatic carbocycles. The Morgan fingerprint density at radius 1 is 1.50 bits per heavy atom. The number of nitrogens with one attached hydrogen (secondary N) is 1. The molecule has 0 radical (unpaired) electrons. The first kappa shape index (κ1) is 11.5. The monoisotopic (exact) mass is 221 g/mol. The summed E-state index contributed by atoms with van der Waals surface area (Å²) in [5.41, 5.74) is 0. The van der Waals surface area contributed by atoms with Crippen LogP contribution in [0.5, 0.6) is 0 Å². The fourth-order valence-corrected chi connectivity index (χ4v) is 2.11. The number of ether oxygens (including phenoxy) is 1. The lowest BCUT2D eigenvalue weighted by Gasteiger charge is -2.23. The van der Waals surface area contributed by atoms with Crippen LogP contribution in [0.4, 0.5) is 0 Å². The van der Waals surface area contributed by atoms with Crippen LogP contribution in [0, 0.1) is 5.92 Å². The van der Waals surface area contributed by atoms with E-state index in [4.69, 9.17) is 0 Å². The minimum Gasteiger partial charge on any atom is -0.384 e. The molecule has 1 N–H and O–H groups in total. The molecule has 14 heavy (non-hydrogen) atoms. The van der Waals surface area contributed by atoms with Gasteiger partial charge in [-0.3, -0.25) is 9.52 Å². The van der Waals surface area contributed by atoms with Gasteiger partial charge in [0.1, 0.15) is 0 Å². The Kier molecular flexibility index (Phi) is 3.88. The van der Waals surface area contributed by atoms with Crippen molar-refractivity contribution in [3.05, 3.63) is 0 Å². The third-order valence-corrected chi connectivity index (χ3v) is 3.50. The van der Waals surface area contributed by atoms with Gasteiger partial charge >= 0.3 is 0 Å². The molecule has 0 aromatic rings. The smallest absolute Gasteiger partial charge is 0.237 e. The fourth-order valence-electron chi connectivity index (χ4n) is 1.15. The lowest BCUT2D eigenvalue weighted by molar-refractivity contribution is -0.125. The lowest BCUT2D eigenvalue weighted by Crippen LogP contribution is -2.40. The summed E-state index contributed by atoms with van der Waals surface area (Å²) in [5, 5.41) is 0. The number of methoxy groups -OCH3 is 1. The lowest BCUT2D eigenvalue weighted by atomic mass is 9.85. The first-order chi connectivity index (χ1) is 6.55. The van der Waals surface area contributed by atoms with Gasteiger partial charge in [0.05, 0.1) is 12.4 Å². The van der Waals surface area contributed by atoms with E-state index in [-0.39, 0.29) is 24.2 Å². The summed E-state index contributed by atoms with van der Waals surface area (Å²) in [5.74, 6) is -0.637. The van der Waals surface area contributed by atoms with Crippen LogP contribution in [-0.4, -0.2) is 33.8 Å². The van der Waals surface area contributed by atoms with E-state index in [0.29, 0.717) is 0 Å². The summed E-state index contributed by atoms with van der Waals surface area (Å²) in [6.07, 6.45) is 2.60. The van der Waals surface area contributed by atoms with Crippen molar-refractivity contribution in [3.8, 4) is 0 Å². The SMILES string of the molecule is COCCS(=O)(=O)NC(=O)C1CCC1. The molecule has 1 fully saturated rings. The van der Waals surface area contributed by atoms with Gasteiger partial charge in [-0.25, -0.2) is 8.42 Å². The quantitative estimate of drug-likeness (QED) is 0.702. The zero-order chi connectivity index (χ0) is 10.6. The topological polar surface area (TPSA) is 72.5 Å². The van der Waals surface area contributed by atoms with Crippen molar-refractivity contribution in [3.63, 3.8) is 0 Å². The van der Waals surface area contributed by atoms with Crippen molar-refractivity contribution in [1.29, 1.82) is 0 Å². The van der Waals surface area contributed by atoms with Crippen LogP contribution in [0.25, 0.3) is 0 Å². The summed E-state index contributed by atoms with van der Waals surface area (Å²) in [7, 11) is -2.07. The molecule has 0 bridgehead atoms. The minimum atomic E-state index is -3.49. The van der Waals surface area contributed by atoms with Gasteiger partial charge < -0.3 is 4.74 Å². The van der Waals surface area contributed by atoms with Crippen molar-refractivity contribution in [1.82, 2.24) is 4.72 Å². The van der Waals surface area contributed by atoms with Crippen molar-refractivity contribution < 1.29 is 17.9 Å².